The van der Waals surface area contributed by atoms with Crippen molar-refractivity contribution in [3.8, 4) is 0 Å². The molecule has 1 aliphatic heterocycles. The third kappa shape index (κ3) is 13.6. The van der Waals surface area contributed by atoms with Crippen molar-refractivity contribution in [2.45, 2.75) is 108 Å². The van der Waals surface area contributed by atoms with Crippen LogP contribution in [0.2, 0.25) is 0 Å². The monoisotopic (exact) mass is 783 g/mol. The first-order valence-corrected chi connectivity index (χ1v) is 19.1. The summed E-state index contributed by atoms with van der Waals surface area (Å²) in [5.74, 6) is -5.81. The Balaban J connectivity index is 1.79. The van der Waals surface area contributed by atoms with Gasteiger partial charge in [-0.15, -0.1) is 0 Å². The molecule has 2 aromatic rings. The summed E-state index contributed by atoms with van der Waals surface area (Å²) in [4.78, 5) is 65.9. The third-order valence-corrected chi connectivity index (χ3v) is 9.81. The van der Waals surface area contributed by atoms with E-state index in [-0.39, 0.29) is 18.9 Å². The van der Waals surface area contributed by atoms with E-state index in [1.807, 2.05) is 37.3 Å². The van der Waals surface area contributed by atoms with Crippen molar-refractivity contribution in [2.24, 2.45) is 0 Å². The molecule has 20 heteroatoms. The predicted octanol–water partition coefficient (Wildman–Crippen LogP) is 1.51. The number of aliphatic hydroxyl groups is 2. The Kier molecular flexibility index (Phi) is 17.2. The number of nitrogens with two attached hydrogens (primary N) is 1. The standard InChI is InChI=1S/C34H50N5O14P/c1-3-4-10-16-36-23(19-27(40)41)30(45)52-54(49,50-21-25-29(44)34(2,48)32(51-25)39-18-15-26(35)38-33(39)47)53-31(46)24(20-28(42)43)37-17-11-6-9-14-22-12-7-5-8-13-22/h5,7-8,12-13,15,18,23-25,29,32,36-37,44,48H,3-4,6,9-11,14,16-17,19-21H2,1-2H3,(H,40,41)(H,42,43)(H2,35,38,47)/t23-,24-,25+,29+,32+,34+,54?/m0/s1. The van der Waals surface area contributed by atoms with E-state index >= 15 is 0 Å². The lowest BCUT2D eigenvalue weighted by molar-refractivity contribution is -0.149. The molecule has 0 radical (unpaired) electrons. The number of hydrogen-bond acceptors (Lipinski definition) is 16. The second-order valence-electron chi connectivity index (χ2n) is 13.0. The molecule has 7 atom stereocenters. The van der Waals surface area contributed by atoms with E-state index in [2.05, 4.69) is 15.6 Å². The van der Waals surface area contributed by atoms with Gasteiger partial charge in [-0.25, -0.2) is 18.9 Å². The molecular weight excluding hydrogens is 733 g/mol. The molecule has 19 nitrogen and oxygen atoms in total. The lowest BCUT2D eigenvalue weighted by Gasteiger charge is -2.27. The number of nitrogens with one attached hydrogen (secondary N) is 2. The molecule has 1 aromatic heterocycles. The number of nitrogen functional groups attached to an aromatic ring is 1. The molecule has 0 bridgehead atoms. The molecule has 8 N–H and O–H groups in total. The largest absolute Gasteiger partial charge is 0.592 e. The Morgan fingerprint density at radius 2 is 1.54 bits per heavy atom. The number of nitrogens with zero attached hydrogens (tertiary/aromatic N) is 2. The average Bonchev–Trinajstić information content (AvgIpc) is 3.33. The number of carboxylic acids is 2. The van der Waals surface area contributed by atoms with E-state index in [0.717, 1.165) is 55.4 Å². The van der Waals surface area contributed by atoms with E-state index < -0.39 is 93.0 Å². The number of aryl methyl sites for hydroxylation is 1. The van der Waals surface area contributed by atoms with Crippen LogP contribution in [0.4, 0.5) is 5.82 Å². The fourth-order valence-corrected chi connectivity index (χ4v) is 6.76. The number of carbonyl (C=O) groups excluding carboxylic acids is 2. The molecule has 3 rings (SSSR count). The summed E-state index contributed by atoms with van der Waals surface area (Å²) in [6.07, 6.45) is -0.476. The molecule has 1 aliphatic rings. The zero-order valence-corrected chi connectivity index (χ0v) is 31.1. The molecule has 1 saturated heterocycles. The number of aliphatic carboxylic acids is 2. The summed E-state index contributed by atoms with van der Waals surface area (Å²) in [5, 5.41) is 46.4. The van der Waals surface area contributed by atoms with Crippen LogP contribution in [0.5, 0.6) is 0 Å². The lowest BCUT2D eigenvalue weighted by atomic mass is 9.96. The second-order valence-corrected chi connectivity index (χ2v) is 14.5. The molecule has 0 aliphatic carbocycles. The van der Waals surface area contributed by atoms with Crippen LogP contribution in [-0.4, -0.2) is 103 Å². The maximum atomic E-state index is 14.1. The summed E-state index contributed by atoms with van der Waals surface area (Å²) < 4.78 is 36.0. The predicted molar refractivity (Wildman–Crippen MR) is 191 cm³/mol. The lowest BCUT2D eigenvalue weighted by Crippen LogP contribution is -2.46. The topological polar surface area (TPSA) is 288 Å². The van der Waals surface area contributed by atoms with Crippen molar-refractivity contribution in [3.63, 3.8) is 0 Å². The van der Waals surface area contributed by atoms with Crippen LogP contribution in [0.25, 0.3) is 0 Å². The number of aromatic nitrogens is 2. The molecule has 1 fully saturated rings. The van der Waals surface area contributed by atoms with E-state index in [1.54, 1.807) is 0 Å². The van der Waals surface area contributed by atoms with E-state index in [1.165, 1.54) is 6.07 Å². The fourth-order valence-electron chi connectivity index (χ4n) is 5.60. The first-order valence-electron chi connectivity index (χ1n) is 17.6. The minimum Gasteiger partial charge on any atom is -0.481 e. The molecule has 0 saturated carbocycles. The molecule has 1 aromatic carbocycles. The Morgan fingerprint density at radius 3 is 2.07 bits per heavy atom. The summed E-state index contributed by atoms with van der Waals surface area (Å²) >= 11 is 0. The summed E-state index contributed by atoms with van der Waals surface area (Å²) in [6, 6.07) is 7.85. The van der Waals surface area contributed by atoms with Gasteiger partial charge < -0.3 is 50.6 Å². The van der Waals surface area contributed by atoms with Crippen LogP contribution in [-0.2, 0) is 48.5 Å². The van der Waals surface area contributed by atoms with Gasteiger partial charge in [0.25, 0.3) is 0 Å². The summed E-state index contributed by atoms with van der Waals surface area (Å²) in [6.45, 7) is 2.43. The van der Waals surface area contributed by atoms with E-state index in [0.29, 0.717) is 12.8 Å². The Morgan fingerprint density at radius 1 is 0.963 bits per heavy atom. The van der Waals surface area contributed by atoms with Crippen LogP contribution in [0.15, 0.2) is 47.4 Å². The smallest absolute Gasteiger partial charge is 0.481 e. The van der Waals surface area contributed by atoms with Crippen LogP contribution in [0, 0.1) is 0 Å². The zero-order chi connectivity index (χ0) is 39.9. The first kappa shape index (κ1) is 44.2. The molecular formula is C34H50N5O14P. The minimum absolute atomic E-state index is 0.126. The van der Waals surface area contributed by atoms with Crippen molar-refractivity contribution in [2.75, 3.05) is 25.4 Å². The van der Waals surface area contributed by atoms with Crippen LogP contribution in [0.1, 0.15) is 77.0 Å². The zero-order valence-electron chi connectivity index (χ0n) is 30.2. The van der Waals surface area contributed by atoms with Gasteiger partial charge in [0.2, 0.25) is 0 Å². The highest BCUT2D eigenvalue weighted by Gasteiger charge is 2.54. The summed E-state index contributed by atoms with van der Waals surface area (Å²) in [5.41, 5.74) is 3.57. The number of carbonyl (C=O) groups is 4. The van der Waals surface area contributed by atoms with Gasteiger partial charge in [0, 0.05) is 6.20 Å². The second kappa shape index (κ2) is 21.0. The van der Waals surface area contributed by atoms with Crippen LogP contribution < -0.4 is 22.1 Å². The highest BCUT2D eigenvalue weighted by atomic mass is 31.2. The maximum absolute atomic E-state index is 14.1. The molecule has 1 unspecified atom stereocenters. The van der Waals surface area contributed by atoms with E-state index in [9.17, 15) is 49.0 Å². The third-order valence-electron chi connectivity index (χ3n) is 8.53. The quantitative estimate of drug-likeness (QED) is 0.0587. The van der Waals surface area contributed by atoms with Crippen LogP contribution >= 0.6 is 7.82 Å². The number of anilines is 1. The molecule has 0 spiro atoms. The Hall–Kier alpha value is -4.23. The molecule has 0 amide bonds. The first-order chi connectivity index (χ1) is 25.6. The molecule has 2 heterocycles. The number of phosphoric ester groups is 1. The SMILES string of the molecule is CCCCCN[C@@H](CC(=O)O)C(=O)OP(=O)(OC[C@H]1O[C@@H](n2ccc(N)nc2=O)[C@](C)(O)[C@@H]1O)OC(=O)[C@H](CC(=O)O)NCCCCCc1ccccc1. The van der Waals surface area contributed by atoms with Crippen molar-refractivity contribution in [1.29, 1.82) is 0 Å². The van der Waals surface area contributed by atoms with Gasteiger partial charge in [0.15, 0.2) is 6.23 Å². The van der Waals surface area contributed by atoms with Gasteiger partial charge in [-0.1, -0.05) is 56.5 Å². The molecule has 54 heavy (non-hydrogen) atoms. The number of rotatable bonds is 24. The summed E-state index contributed by atoms with van der Waals surface area (Å²) in [7, 11) is -5.42. The highest BCUT2D eigenvalue weighted by molar-refractivity contribution is 7.49. The number of unbranched alkanes of at least 4 members (excludes halogenated alkanes) is 4. The number of carboxylic acid groups (broad SMARTS) is 2. The number of hydrogen-bond donors (Lipinski definition) is 7. The number of aliphatic hydroxyl groups excluding tert-OH is 1. The average molecular weight is 784 g/mol. The molecule has 300 valence electrons. The number of benzene rings is 1. The number of phosphoric acid groups is 1. The Labute approximate surface area is 311 Å². The van der Waals surface area contributed by atoms with E-state index in [4.69, 9.17) is 24.0 Å². The number of ether oxygens (including phenoxy) is 1. The van der Waals surface area contributed by atoms with Crippen molar-refractivity contribution in [1.82, 2.24) is 20.2 Å². The highest BCUT2D eigenvalue weighted by Crippen LogP contribution is 2.51. The minimum atomic E-state index is -5.42. The Bertz CT molecular complexity index is 1660. The van der Waals surface area contributed by atoms with Crippen molar-refractivity contribution >= 4 is 37.5 Å². The van der Waals surface area contributed by atoms with Gasteiger partial charge in [0.1, 0.15) is 35.7 Å². The van der Waals surface area contributed by atoms with Gasteiger partial charge in [-0.3, -0.25) is 18.7 Å². The van der Waals surface area contributed by atoms with Gasteiger partial charge in [0.05, 0.1) is 19.4 Å². The fraction of sp³-hybridized carbons (Fsp3) is 0.588. The maximum Gasteiger partial charge on any atom is 0.592 e. The van der Waals surface area contributed by atoms with Crippen molar-refractivity contribution < 1.29 is 62.5 Å². The van der Waals surface area contributed by atoms with Crippen LogP contribution in [0.3, 0.4) is 0 Å². The van der Waals surface area contributed by atoms with Gasteiger partial charge >= 0.3 is 37.4 Å². The van der Waals surface area contributed by atoms with Gasteiger partial charge in [-0.05, 0) is 57.3 Å². The van der Waals surface area contributed by atoms with Gasteiger partial charge in [-0.2, -0.15) is 4.98 Å². The van der Waals surface area contributed by atoms with Crippen molar-refractivity contribution in [3.05, 3.63) is 58.6 Å². The normalized spacial score (nSPS) is 21.8.